The minimum Gasteiger partial charge on any atom is -0.550 e. The van der Waals surface area contributed by atoms with Gasteiger partial charge in [-0.15, -0.1) is 0 Å². The second-order valence-electron chi connectivity index (χ2n) is 7.47. The Bertz CT molecular complexity index is 443. The Morgan fingerprint density at radius 1 is 0.571 bits per heavy atom. The highest BCUT2D eigenvalue weighted by Gasteiger charge is 1.92. The third kappa shape index (κ3) is 24.4. The van der Waals surface area contributed by atoms with Gasteiger partial charge in [0.25, 0.3) is 0 Å². The van der Waals surface area contributed by atoms with E-state index >= 15 is 0 Å². The Labute approximate surface area is 174 Å². The zero-order valence-electron chi connectivity index (χ0n) is 18.2. The van der Waals surface area contributed by atoms with Crippen molar-refractivity contribution in [1.82, 2.24) is 0 Å². The number of carboxylic acid groups (broad SMARTS) is 1. The van der Waals surface area contributed by atoms with Crippen LogP contribution in [0.3, 0.4) is 0 Å². The fraction of sp³-hybridized carbons (Fsp3) is 0.654. The van der Waals surface area contributed by atoms with Gasteiger partial charge in [0.2, 0.25) is 0 Å². The third-order valence-corrected chi connectivity index (χ3v) is 4.71. The predicted molar refractivity (Wildman–Crippen MR) is 121 cm³/mol. The maximum atomic E-state index is 10.3. The molecule has 0 radical (unpaired) electrons. The van der Waals surface area contributed by atoms with Crippen LogP contribution in [0.1, 0.15) is 110 Å². The van der Waals surface area contributed by atoms with Crippen LogP contribution in [0, 0.1) is 0 Å². The molecular formula is C26H43O2-. The second kappa shape index (κ2) is 23.5. The van der Waals surface area contributed by atoms with E-state index in [0.29, 0.717) is 0 Å². The van der Waals surface area contributed by atoms with Crippen LogP contribution in [0.5, 0.6) is 0 Å². The van der Waals surface area contributed by atoms with Crippen LogP contribution < -0.4 is 5.11 Å². The van der Waals surface area contributed by atoms with E-state index in [1.165, 1.54) is 57.8 Å². The summed E-state index contributed by atoms with van der Waals surface area (Å²) in [5, 5.41) is 10.3. The van der Waals surface area contributed by atoms with Crippen molar-refractivity contribution in [3.8, 4) is 0 Å². The highest BCUT2D eigenvalue weighted by Crippen LogP contribution is 2.10. The maximum Gasteiger partial charge on any atom is 0.0414 e. The first-order valence-electron chi connectivity index (χ1n) is 11.6. The summed E-state index contributed by atoms with van der Waals surface area (Å²) in [6.07, 6.45) is 35.8. The van der Waals surface area contributed by atoms with Gasteiger partial charge >= 0.3 is 0 Å². The molecule has 0 aromatic heterocycles. The van der Waals surface area contributed by atoms with Crippen LogP contribution in [-0.2, 0) is 4.79 Å². The van der Waals surface area contributed by atoms with Gasteiger partial charge in [-0.3, -0.25) is 0 Å². The molecule has 0 saturated carbocycles. The fourth-order valence-corrected chi connectivity index (χ4v) is 2.98. The lowest BCUT2D eigenvalue weighted by molar-refractivity contribution is -0.305. The van der Waals surface area contributed by atoms with Crippen molar-refractivity contribution >= 4 is 5.97 Å². The monoisotopic (exact) mass is 387 g/mol. The van der Waals surface area contributed by atoms with E-state index in [1.54, 1.807) is 0 Å². The summed E-state index contributed by atoms with van der Waals surface area (Å²) >= 11 is 0. The van der Waals surface area contributed by atoms with Crippen LogP contribution in [0.4, 0.5) is 0 Å². The second-order valence-corrected chi connectivity index (χ2v) is 7.47. The number of hydrogen-bond acceptors (Lipinski definition) is 2. The lowest BCUT2D eigenvalue weighted by Gasteiger charge is -2.02. The summed E-state index contributed by atoms with van der Waals surface area (Å²) in [4.78, 5) is 10.3. The first-order chi connectivity index (χ1) is 13.8. The Kier molecular flexibility index (Phi) is 22.2. The summed E-state index contributed by atoms with van der Waals surface area (Å²) in [5.74, 6) is -0.918. The van der Waals surface area contributed by atoms with E-state index in [1.807, 2.05) is 0 Å². The summed E-state index contributed by atoms with van der Waals surface area (Å²) in [6, 6.07) is 0. The molecule has 0 unspecified atom stereocenters. The summed E-state index contributed by atoms with van der Waals surface area (Å²) in [5.41, 5.74) is 0. The van der Waals surface area contributed by atoms with Gasteiger partial charge in [-0.2, -0.15) is 0 Å². The van der Waals surface area contributed by atoms with Gasteiger partial charge in [0.1, 0.15) is 0 Å². The molecule has 0 aliphatic rings. The number of aliphatic carboxylic acids is 1. The smallest absolute Gasteiger partial charge is 0.0414 e. The largest absolute Gasteiger partial charge is 0.550 e. The first kappa shape index (κ1) is 26.4. The zero-order chi connectivity index (χ0) is 20.5. The van der Waals surface area contributed by atoms with Crippen molar-refractivity contribution in [2.75, 3.05) is 0 Å². The molecule has 0 aromatic carbocycles. The molecule has 0 fully saturated rings. The summed E-state index contributed by atoms with van der Waals surface area (Å²) in [7, 11) is 0. The Morgan fingerprint density at radius 2 is 0.964 bits per heavy atom. The van der Waals surface area contributed by atoms with E-state index in [9.17, 15) is 9.90 Å². The molecule has 0 atom stereocenters. The maximum absolute atomic E-state index is 10.3. The average molecular weight is 388 g/mol. The van der Waals surface area contributed by atoms with E-state index in [2.05, 4.69) is 55.5 Å². The molecule has 2 nitrogen and oxygen atoms in total. The van der Waals surface area contributed by atoms with E-state index < -0.39 is 5.97 Å². The van der Waals surface area contributed by atoms with Crippen LogP contribution in [0.15, 0.2) is 48.6 Å². The lowest BCUT2D eigenvalue weighted by Crippen LogP contribution is -2.21. The fourth-order valence-electron chi connectivity index (χ4n) is 2.98. The number of carbonyl (C=O) groups excluding carboxylic acids is 1. The minimum absolute atomic E-state index is 0.214. The number of allylic oxidation sites excluding steroid dienone is 8. The van der Waals surface area contributed by atoms with E-state index in [0.717, 1.165) is 38.5 Å². The van der Waals surface area contributed by atoms with Crippen LogP contribution in [0.25, 0.3) is 0 Å². The number of rotatable bonds is 20. The van der Waals surface area contributed by atoms with Gasteiger partial charge in [-0.1, -0.05) is 100 Å². The van der Waals surface area contributed by atoms with Crippen molar-refractivity contribution < 1.29 is 9.90 Å². The van der Waals surface area contributed by atoms with Crippen molar-refractivity contribution in [2.24, 2.45) is 0 Å². The highest BCUT2D eigenvalue weighted by molar-refractivity contribution is 5.64. The number of unbranched alkanes of at least 4 members (excludes halogenated alkanes) is 10. The van der Waals surface area contributed by atoms with Crippen molar-refractivity contribution in [3.05, 3.63) is 48.6 Å². The molecule has 28 heavy (non-hydrogen) atoms. The quantitative estimate of drug-likeness (QED) is 0.163. The molecule has 0 rings (SSSR count). The molecule has 0 N–H and O–H groups in total. The molecule has 0 bridgehead atoms. The van der Waals surface area contributed by atoms with Crippen molar-refractivity contribution in [1.29, 1.82) is 0 Å². The van der Waals surface area contributed by atoms with Gasteiger partial charge in [-0.25, -0.2) is 0 Å². The molecule has 0 heterocycles. The van der Waals surface area contributed by atoms with Crippen LogP contribution >= 0.6 is 0 Å². The van der Waals surface area contributed by atoms with E-state index in [4.69, 9.17) is 0 Å². The molecule has 0 saturated heterocycles. The average Bonchev–Trinajstić information content (AvgIpc) is 2.68. The third-order valence-electron chi connectivity index (χ3n) is 4.71. The Hall–Kier alpha value is -1.57. The van der Waals surface area contributed by atoms with Gasteiger partial charge < -0.3 is 9.90 Å². The molecule has 0 amide bonds. The summed E-state index contributed by atoms with van der Waals surface area (Å²) < 4.78 is 0. The number of carboxylic acids is 1. The molecule has 0 aliphatic heterocycles. The molecule has 2 heteroatoms. The topological polar surface area (TPSA) is 40.1 Å². The highest BCUT2D eigenvalue weighted by atomic mass is 16.4. The Morgan fingerprint density at radius 3 is 1.43 bits per heavy atom. The van der Waals surface area contributed by atoms with Crippen molar-refractivity contribution in [2.45, 2.75) is 110 Å². The van der Waals surface area contributed by atoms with Gasteiger partial charge in [0, 0.05) is 5.97 Å². The number of carbonyl (C=O) groups is 1. The van der Waals surface area contributed by atoms with E-state index in [-0.39, 0.29) is 6.42 Å². The SMILES string of the molecule is CCCCC/C=C\C/C=C\C/C=C\C/C=C\CCCCCCCCCC(=O)[O-]. The zero-order valence-corrected chi connectivity index (χ0v) is 18.2. The van der Waals surface area contributed by atoms with Gasteiger partial charge in [-0.05, 0) is 57.8 Å². The number of hydrogen-bond donors (Lipinski definition) is 0. The molecule has 0 aromatic rings. The standard InChI is InChI=1S/C26H44O2/c1-2-3-4-5-6-7-8-9-10-11-12-13-14-15-16-17-18-19-20-21-22-23-24-25-26(27)28/h6-7,9-10,12-13,15-16H,2-5,8,11,14,17-25H2,1H3,(H,27,28)/p-1/b7-6-,10-9-,13-12-,16-15-. The molecule has 0 spiro atoms. The lowest BCUT2D eigenvalue weighted by atomic mass is 10.1. The van der Waals surface area contributed by atoms with Crippen molar-refractivity contribution in [3.63, 3.8) is 0 Å². The van der Waals surface area contributed by atoms with Gasteiger partial charge in [0.15, 0.2) is 0 Å². The molecule has 160 valence electrons. The molecule has 0 aliphatic carbocycles. The Balaban J connectivity index is 3.32. The normalized spacial score (nSPS) is 12.3. The van der Waals surface area contributed by atoms with Crippen LogP contribution in [-0.4, -0.2) is 5.97 Å². The van der Waals surface area contributed by atoms with Crippen LogP contribution in [0.2, 0.25) is 0 Å². The molecular weight excluding hydrogens is 344 g/mol. The minimum atomic E-state index is -0.918. The summed E-state index contributed by atoms with van der Waals surface area (Å²) in [6.45, 7) is 2.24. The first-order valence-corrected chi connectivity index (χ1v) is 11.6. The van der Waals surface area contributed by atoms with Gasteiger partial charge in [0.05, 0.1) is 0 Å². The predicted octanol–water partition coefficient (Wildman–Crippen LogP) is 7.22.